The van der Waals surface area contributed by atoms with Crippen molar-refractivity contribution in [2.45, 2.75) is 12.8 Å². The average molecular weight is 500 g/mol. The number of phenols is 1. The second-order valence-corrected chi connectivity index (χ2v) is 8.23. The number of benzene rings is 2. The van der Waals surface area contributed by atoms with Gasteiger partial charge in [0, 0.05) is 34.8 Å². The molecule has 6 heteroatoms. The van der Waals surface area contributed by atoms with Gasteiger partial charge in [-0.15, -0.1) is 0 Å². The number of rotatable bonds is 4. The van der Waals surface area contributed by atoms with Gasteiger partial charge in [0.2, 0.25) is 0 Å². The second kappa shape index (κ2) is 7.89. The molecule has 0 spiro atoms. The van der Waals surface area contributed by atoms with Gasteiger partial charge in [-0.3, -0.25) is 9.78 Å². The third-order valence-corrected chi connectivity index (χ3v) is 5.86. The zero-order valence-electron chi connectivity index (χ0n) is 14.7. The maximum absolute atomic E-state index is 12.4. The lowest BCUT2D eigenvalue weighted by atomic mass is 9.99. The predicted molar refractivity (Wildman–Crippen MR) is 118 cm³/mol. The Hall–Kier alpha value is -2.44. The van der Waals surface area contributed by atoms with E-state index in [2.05, 4.69) is 42.2 Å². The van der Waals surface area contributed by atoms with Crippen LogP contribution in [0.25, 0.3) is 16.7 Å². The highest BCUT2D eigenvalue weighted by Gasteiger charge is 2.24. The number of aromatic hydroxyl groups is 1. The fourth-order valence-corrected chi connectivity index (χ4v) is 4.53. The van der Waals surface area contributed by atoms with Gasteiger partial charge in [-0.2, -0.15) is 0 Å². The quantitative estimate of drug-likeness (QED) is 0.436. The molecule has 1 aliphatic heterocycles. The zero-order valence-corrected chi connectivity index (χ0v) is 17.9. The van der Waals surface area contributed by atoms with E-state index in [0.29, 0.717) is 20.9 Å². The molecule has 140 valence electrons. The van der Waals surface area contributed by atoms with Gasteiger partial charge < -0.3 is 10.4 Å². The first kappa shape index (κ1) is 18.9. The van der Waals surface area contributed by atoms with Gasteiger partial charge in [-0.05, 0) is 86.2 Å². The van der Waals surface area contributed by atoms with E-state index in [1.807, 2.05) is 54.7 Å². The molecule has 0 saturated carbocycles. The maximum Gasteiger partial charge on any atom is 0.256 e. The molecule has 1 aromatic heterocycles. The molecule has 0 radical (unpaired) electrons. The molecule has 4 nitrogen and oxygen atoms in total. The fourth-order valence-electron chi connectivity index (χ4n) is 3.25. The summed E-state index contributed by atoms with van der Waals surface area (Å²) in [6.07, 6.45) is 7.00. The van der Waals surface area contributed by atoms with Crippen LogP contribution < -0.4 is 5.32 Å². The number of fused-ring (bicyclic) bond motifs is 1. The molecule has 0 unspecified atom stereocenters. The summed E-state index contributed by atoms with van der Waals surface area (Å²) in [7, 11) is 0. The van der Waals surface area contributed by atoms with Crippen molar-refractivity contribution in [3.8, 4) is 16.9 Å². The Kier molecular flexibility index (Phi) is 5.33. The van der Waals surface area contributed by atoms with E-state index < -0.39 is 0 Å². The van der Waals surface area contributed by atoms with E-state index in [0.717, 1.165) is 34.4 Å². The Bertz CT molecular complexity index is 1070. The molecule has 0 fully saturated rings. The molecule has 2 heterocycles. The summed E-state index contributed by atoms with van der Waals surface area (Å²) in [6, 6.07) is 13.6. The van der Waals surface area contributed by atoms with Crippen molar-refractivity contribution in [2.75, 3.05) is 5.32 Å². The highest BCUT2D eigenvalue weighted by Crippen LogP contribution is 2.36. The summed E-state index contributed by atoms with van der Waals surface area (Å²) < 4.78 is 1.30. The molecule has 28 heavy (non-hydrogen) atoms. The molecular formula is C22H16Br2N2O2. The number of nitrogens with one attached hydrogen (secondary N) is 1. The first-order valence-corrected chi connectivity index (χ1v) is 10.3. The summed E-state index contributed by atoms with van der Waals surface area (Å²) in [5, 5.41) is 12.8. The van der Waals surface area contributed by atoms with Crippen molar-refractivity contribution in [3.05, 3.63) is 81.0 Å². The highest BCUT2D eigenvalue weighted by molar-refractivity contribution is 9.11. The fraction of sp³-hybridized carbons (Fsp3) is 0.0909. The van der Waals surface area contributed by atoms with Crippen molar-refractivity contribution in [1.82, 2.24) is 4.98 Å². The van der Waals surface area contributed by atoms with Crippen LogP contribution >= 0.6 is 31.9 Å². The Labute approximate surface area is 179 Å². The zero-order chi connectivity index (χ0) is 19.7. The second-order valence-electron chi connectivity index (χ2n) is 6.52. The highest BCUT2D eigenvalue weighted by atomic mass is 79.9. The number of carbonyl (C=O) groups excluding carboxylic acids is 1. The van der Waals surface area contributed by atoms with Crippen molar-refractivity contribution in [1.29, 1.82) is 0 Å². The van der Waals surface area contributed by atoms with Gasteiger partial charge in [-0.1, -0.05) is 18.2 Å². The van der Waals surface area contributed by atoms with Crippen LogP contribution in [0.1, 0.15) is 17.5 Å². The number of phenolic OH excluding ortho intramolecular Hbond substituents is 1. The van der Waals surface area contributed by atoms with Gasteiger partial charge in [0.25, 0.3) is 5.91 Å². The van der Waals surface area contributed by atoms with E-state index in [1.165, 1.54) is 0 Å². The minimum absolute atomic E-state index is 0.0774. The van der Waals surface area contributed by atoms with Crippen molar-refractivity contribution >= 4 is 49.0 Å². The molecule has 0 saturated heterocycles. The van der Waals surface area contributed by atoms with E-state index in [9.17, 15) is 9.90 Å². The first-order chi connectivity index (χ1) is 13.5. The molecular weight excluding hydrogens is 484 g/mol. The van der Waals surface area contributed by atoms with Crippen LogP contribution in [-0.2, 0) is 11.2 Å². The normalized spacial score (nSPS) is 14.2. The standard InChI is InChI=1S/C22H16Br2N2O2/c23-18-9-13(10-19(24)21(18)27)3-1-5-16-17-11-14(15-4-2-8-25-12-15)6-7-20(17)26-22(16)28/h2,4-12,27H,1,3H2,(H,26,28)/b16-5-. The van der Waals surface area contributed by atoms with Crippen LogP contribution in [0.15, 0.2) is 69.9 Å². The maximum atomic E-state index is 12.4. The number of nitrogens with zero attached hydrogens (tertiary/aromatic N) is 1. The van der Waals surface area contributed by atoms with Gasteiger partial charge in [0.05, 0.1) is 8.95 Å². The van der Waals surface area contributed by atoms with Crippen LogP contribution in [0.5, 0.6) is 5.75 Å². The van der Waals surface area contributed by atoms with E-state index in [-0.39, 0.29) is 11.7 Å². The largest absolute Gasteiger partial charge is 0.506 e. The molecule has 4 rings (SSSR count). The molecule has 1 aliphatic rings. The number of hydrogen-bond acceptors (Lipinski definition) is 3. The Morgan fingerprint density at radius 3 is 2.57 bits per heavy atom. The first-order valence-electron chi connectivity index (χ1n) is 8.76. The van der Waals surface area contributed by atoms with Crippen molar-refractivity contribution in [3.63, 3.8) is 0 Å². The number of pyridine rings is 1. The van der Waals surface area contributed by atoms with Crippen LogP contribution in [0.3, 0.4) is 0 Å². The number of amides is 1. The Morgan fingerprint density at radius 1 is 1.07 bits per heavy atom. The monoisotopic (exact) mass is 498 g/mol. The van der Waals surface area contributed by atoms with Crippen LogP contribution in [-0.4, -0.2) is 16.0 Å². The molecule has 1 amide bonds. The number of halogens is 2. The SMILES string of the molecule is O=C1Nc2ccc(-c3cccnc3)cc2/C1=C/CCc1cc(Br)c(O)c(Br)c1. The van der Waals surface area contributed by atoms with Crippen molar-refractivity contribution < 1.29 is 9.90 Å². The summed E-state index contributed by atoms with van der Waals surface area (Å²) in [4.78, 5) is 16.6. The number of allylic oxidation sites excluding steroid dienone is 1. The lowest BCUT2D eigenvalue weighted by molar-refractivity contribution is -0.110. The number of aryl methyl sites for hydroxylation is 1. The van der Waals surface area contributed by atoms with Gasteiger partial charge in [-0.25, -0.2) is 0 Å². The minimum Gasteiger partial charge on any atom is -0.506 e. The average Bonchev–Trinajstić information content (AvgIpc) is 3.01. The van der Waals surface area contributed by atoms with E-state index in [4.69, 9.17) is 0 Å². The van der Waals surface area contributed by atoms with Crippen LogP contribution in [0.4, 0.5) is 5.69 Å². The number of aromatic nitrogens is 1. The van der Waals surface area contributed by atoms with Gasteiger partial charge >= 0.3 is 0 Å². The van der Waals surface area contributed by atoms with Crippen LogP contribution in [0.2, 0.25) is 0 Å². The molecule has 0 atom stereocenters. The predicted octanol–water partition coefficient (Wildman–Crippen LogP) is 5.95. The van der Waals surface area contributed by atoms with Crippen molar-refractivity contribution in [2.24, 2.45) is 0 Å². The minimum atomic E-state index is -0.0774. The van der Waals surface area contributed by atoms with Gasteiger partial charge in [0.1, 0.15) is 5.75 Å². The summed E-state index contributed by atoms with van der Waals surface area (Å²) in [5.41, 5.74) is 5.55. The summed E-state index contributed by atoms with van der Waals surface area (Å²) >= 11 is 6.70. The summed E-state index contributed by atoms with van der Waals surface area (Å²) in [5.74, 6) is 0.112. The number of hydrogen-bond donors (Lipinski definition) is 2. The molecule has 0 bridgehead atoms. The van der Waals surface area contributed by atoms with Gasteiger partial charge in [0.15, 0.2) is 0 Å². The molecule has 0 aliphatic carbocycles. The molecule has 2 N–H and O–H groups in total. The summed E-state index contributed by atoms with van der Waals surface area (Å²) in [6.45, 7) is 0. The third kappa shape index (κ3) is 3.75. The molecule has 2 aromatic carbocycles. The topological polar surface area (TPSA) is 62.2 Å². The Morgan fingerprint density at radius 2 is 1.86 bits per heavy atom. The number of anilines is 1. The Balaban J connectivity index is 1.58. The van der Waals surface area contributed by atoms with Crippen LogP contribution in [0, 0.1) is 0 Å². The lowest BCUT2D eigenvalue weighted by Crippen LogP contribution is -2.03. The van der Waals surface area contributed by atoms with E-state index >= 15 is 0 Å². The van der Waals surface area contributed by atoms with E-state index in [1.54, 1.807) is 6.20 Å². The number of carbonyl (C=O) groups is 1. The molecule has 3 aromatic rings. The smallest absolute Gasteiger partial charge is 0.256 e. The third-order valence-electron chi connectivity index (χ3n) is 4.66. The lowest BCUT2D eigenvalue weighted by Gasteiger charge is -2.06.